The molecule has 0 atom stereocenters. The van der Waals surface area contributed by atoms with Crippen LogP contribution in [0.15, 0.2) is 45.5 Å². The topological polar surface area (TPSA) is 42.6 Å². The van der Waals surface area contributed by atoms with Gasteiger partial charge in [-0.15, -0.1) is 0 Å². The fourth-order valence-corrected chi connectivity index (χ4v) is 1.81. The third-order valence-electron chi connectivity index (χ3n) is 2.33. The third kappa shape index (κ3) is 3.61. The van der Waals surface area contributed by atoms with Gasteiger partial charge in [-0.2, -0.15) is 0 Å². The van der Waals surface area contributed by atoms with E-state index < -0.39 is 0 Å². The Morgan fingerprint density at radius 2 is 1.88 bits per heavy atom. The largest absolute Gasteiger partial charge is 0.486 e. The van der Waals surface area contributed by atoms with Gasteiger partial charge in [-0.1, -0.05) is 12.1 Å². The van der Waals surface area contributed by atoms with Crippen molar-refractivity contribution in [3.63, 3.8) is 0 Å². The lowest BCUT2D eigenvalue weighted by atomic mass is 10.1. The molecule has 1 aromatic carbocycles. The van der Waals surface area contributed by atoms with Crippen LogP contribution in [-0.4, -0.2) is 11.7 Å². The van der Waals surface area contributed by atoms with Crippen molar-refractivity contribution >= 4 is 15.9 Å². The molecular formula is C13H13BrO3. The summed E-state index contributed by atoms with van der Waals surface area (Å²) in [5.41, 5.74) is 1.10. The zero-order chi connectivity index (χ0) is 12.1. The van der Waals surface area contributed by atoms with Crippen LogP contribution >= 0.6 is 15.9 Å². The summed E-state index contributed by atoms with van der Waals surface area (Å²) in [6, 6.07) is 11.4. The van der Waals surface area contributed by atoms with Crippen LogP contribution in [0.2, 0.25) is 0 Å². The van der Waals surface area contributed by atoms with Gasteiger partial charge in [-0.3, -0.25) is 0 Å². The van der Waals surface area contributed by atoms with Crippen LogP contribution in [0.3, 0.4) is 0 Å². The third-order valence-corrected chi connectivity index (χ3v) is 2.76. The molecule has 17 heavy (non-hydrogen) atoms. The van der Waals surface area contributed by atoms with E-state index in [1.165, 1.54) is 0 Å². The molecule has 0 saturated carbocycles. The summed E-state index contributed by atoms with van der Waals surface area (Å²) < 4.78 is 11.6. The van der Waals surface area contributed by atoms with Gasteiger partial charge in [0.2, 0.25) is 0 Å². The highest BCUT2D eigenvalue weighted by Crippen LogP contribution is 2.17. The van der Waals surface area contributed by atoms with Crippen molar-refractivity contribution in [2.24, 2.45) is 0 Å². The van der Waals surface area contributed by atoms with Crippen LogP contribution in [0.4, 0.5) is 0 Å². The van der Waals surface area contributed by atoms with Crippen LogP contribution in [0.1, 0.15) is 11.3 Å². The van der Waals surface area contributed by atoms with Crippen molar-refractivity contribution in [1.29, 1.82) is 0 Å². The Hall–Kier alpha value is -1.26. The molecule has 0 bridgehead atoms. The molecule has 4 heteroatoms. The van der Waals surface area contributed by atoms with Gasteiger partial charge in [0.05, 0.1) is 0 Å². The molecule has 0 aliphatic rings. The molecular weight excluding hydrogens is 284 g/mol. The number of aliphatic hydroxyl groups is 1. The minimum atomic E-state index is 0.167. The number of ether oxygens (including phenoxy) is 1. The fraction of sp³-hybridized carbons (Fsp3) is 0.231. The number of benzene rings is 1. The highest BCUT2D eigenvalue weighted by Gasteiger charge is 2.01. The lowest BCUT2D eigenvalue weighted by Crippen LogP contribution is -1.94. The Kier molecular flexibility index (Phi) is 4.23. The van der Waals surface area contributed by atoms with Crippen LogP contribution in [0.25, 0.3) is 0 Å². The van der Waals surface area contributed by atoms with Crippen LogP contribution in [0.5, 0.6) is 5.75 Å². The summed E-state index contributed by atoms with van der Waals surface area (Å²) in [4.78, 5) is 0. The summed E-state index contributed by atoms with van der Waals surface area (Å²) in [5, 5.41) is 8.80. The maximum Gasteiger partial charge on any atom is 0.169 e. The van der Waals surface area contributed by atoms with Crippen LogP contribution < -0.4 is 4.74 Å². The van der Waals surface area contributed by atoms with E-state index in [2.05, 4.69) is 15.9 Å². The maximum absolute atomic E-state index is 8.80. The molecule has 0 amide bonds. The minimum Gasteiger partial charge on any atom is -0.486 e. The molecule has 90 valence electrons. The van der Waals surface area contributed by atoms with Crippen molar-refractivity contribution in [2.75, 3.05) is 6.61 Å². The van der Waals surface area contributed by atoms with Crippen molar-refractivity contribution in [1.82, 2.24) is 0 Å². The lowest BCUT2D eigenvalue weighted by Gasteiger charge is -2.05. The number of furan rings is 1. The van der Waals surface area contributed by atoms with E-state index in [1.54, 1.807) is 0 Å². The van der Waals surface area contributed by atoms with E-state index in [9.17, 15) is 0 Å². The van der Waals surface area contributed by atoms with Gasteiger partial charge in [0, 0.05) is 6.61 Å². The second-order valence-corrected chi connectivity index (χ2v) is 4.39. The molecule has 0 spiro atoms. The Bertz CT molecular complexity index is 462. The molecule has 2 aromatic rings. The van der Waals surface area contributed by atoms with E-state index >= 15 is 0 Å². The van der Waals surface area contributed by atoms with E-state index in [0.717, 1.165) is 17.1 Å². The summed E-state index contributed by atoms with van der Waals surface area (Å²) >= 11 is 3.24. The lowest BCUT2D eigenvalue weighted by molar-refractivity contribution is 0.267. The van der Waals surface area contributed by atoms with E-state index in [4.69, 9.17) is 14.3 Å². The van der Waals surface area contributed by atoms with Crippen molar-refractivity contribution in [3.05, 3.63) is 52.4 Å². The summed E-state index contributed by atoms with van der Waals surface area (Å²) in [7, 11) is 0. The second kappa shape index (κ2) is 5.89. The Morgan fingerprint density at radius 3 is 2.47 bits per heavy atom. The molecule has 0 radical (unpaired) electrons. The number of rotatable bonds is 5. The molecule has 1 heterocycles. The molecule has 1 N–H and O–H groups in total. The summed E-state index contributed by atoms with van der Waals surface area (Å²) in [6.07, 6.45) is 0.672. The molecule has 3 nitrogen and oxygen atoms in total. The summed E-state index contributed by atoms with van der Waals surface area (Å²) in [6.45, 7) is 0.575. The van der Waals surface area contributed by atoms with Gasteiger partial charge in [-0.05, 0) is 52.2 Å². The highest BCUT2D eigenvalue weighted by molar-refractivity contribution is 9.10. The SMILES string of the molecule is OCCc1ccc(OCc2ccc(Br)o2)cc1. The number of hydrogen-bond donors (Lipinski definition) is 1. The number of aliphatic hydroxyl groups excluding tert-OH is 1. The second-order valence-electron chi connectivity index (χ2n) is 3.61. The van der Waals surface area contributed by atoms with Gasteiger partial charge in [0.25, 0.3) is 0 Å². The first-order valence-electron chi connectivity index (χ1n) is 5.35. The molecule has 0 saturated heterocycles. The summed E-state index contributed by atoms with van der Waals surface area (Å²) in [5.74, 6) is 1.57. The van der Waals surface area contributed by atoms with E-state index in [0.29, 0.717) is 17.7 Å². The van der Waals surface area contributed by atoms with Crippen molar-refractivity contribution in [3.8, 4) is 5.75 Å². The van der Waals surface area contributed by atoms with Gasteiger partial charge in [-0.25, -0.2) is 0 Å². The predicted octanol–water partition coefficient (Wildman–Crippen LogP) is 3.16. The maximum atomic E-state index is 8.80. The van der Waals surface area contributed by atoms with Gasteiger partial charge in [0.15, 0.2) is 4.67 Å². The zero-order valence-corrected chi connectivity index (χ0v) is 10.8. The monoisotopic (exact) mass is 296 g/mol. The molecule has 0 unspecified atom stereocenters. The Morgan fingerprint density at radius 1 is 1.12 bits per heavy atom. The first-order chi connectivity index (χ1) is 8.28. The van der Waals surface area contributed by atoms with E-state index in [1.807, 2.05) is 36.4 Å². The average molecular weight is 297 g/mol. The molecule has 1 aromatic heterocycles. The molecule has 0 fully saturated rings. The predicted molar refractivity (Wildman–Crippen MR) is 68.0 cm³/mol. The van der Waals surface area contributed by atoms with Crippen molar-refractivity contribution < 1.29 is 14.3 Å². The Balaban J connectivity index is 1.90. The van der Waals surface area contributed by atoms with Gasteiger partial charge in [0.1, 0.15) is 18.1 Å². The normalized spacial score (nSPS) is 10.5. The Labute approximate surface area is 108 Å². The average Bonchev–Trinajstić information content (AvgIpc) is 2.75. The number of halogens is 1. The standard InChI is InChI=1S/C13H13BrO3/c14-13-6-5-12(17-13)9-16-11-3-1-10(2-4-11)7-8-15/h1-6,15H,7-9H2. The molecule has 0 aliphatic carbocycles. The number of hydrogen-bond acceptors (Lipinski definition) is 3. The van der Waals surface area contributed by atoms with Crippen molar-refractivity contribution in [2.45, 2.75) is 13.0 Å². The zero-order valence-electron chi connectivity index (χ0n) is 9.23. The van der Waals surface area contributed by atoms with E-state index in [-0.39, 0.29) is 6.61 Å². The molecule has 2 rings (SSSR count). The van der Waals surface area contributed by atoms with Gasteiger partial charge < -0.3 is 14.3 Å². The van der Waals surface area contributed by atoms with Gasteiger partial charge >= 0.3 is 0 Å². The first kappa shape index (κ1) is 12.2. The first-order valence-corrected chi connectivity index (χ1v) is 6.14. The van der Waals surface area contributed by atoms with Crippen LogP contribution in [0, 0.1) is 0 Å². The molecule has 0 aliphatic heterocycles. The quantitative estimate of drug-likeness (QED) is 0.922. The highest BCUT2D eigenvalue weighted by atomic mass is 79.9. The fourth-order valence-electron chi connectivity index (χ4n) is 1.47. The van der Waals surface area contributed by atoms with Crippen LogP contribution in [-0.2, 0) is 13.0 Å². The minimum absolute atomic E-state index is 0.167. The smallest absolute Gasteiger partial charge is 0.169 e.